The van der Waals surface area contributed by atoms with Crippen LogP contribution in [0.1, 0.15) is 5.56 Å². The van der Waals surface area contributed by atoms with Gasteiger partial charge in [0.2, 0.25) is 0 Å². The molecule has 0 radical (unpaired) electrons. The molecule has 0 amide bonds. The highest BCUT2D eigenvalue weighted by atomic mass is 32.2. The van der Waals surface area contributed by atoms with Gasteiger partial charge in [0.1, 0.15) is 0 Å². The Morgan fingerprint density at radius 3 is 2.42 bits per heavy atom. The molecule has 5 heteroatoms. The minimum absolute atomic E-state index is 0.312. The number of hydrogen-bond donors (Lipinski definition) is 0. The van der Waals surface area contributed by atoms with Gasteiger partial charge in [0, 0.05) is 18.9 Å². The first-order valence-corrected chi connectivity index (χ1v) is 9.21. The van der Waals surface area contributed by atoms with Crippen molar-refractivity contribution >= 4 is 15.7 Å². The fourth-order valence-corrected chi connectivity index (χ4v) is 4.54. The second kappa shape index (κ2) is 5.76. The topological polar surface area (TPSA) is 50.3 Å². The molecular weight excluding hydrogens is 320 g/mol. The van der Waals surface area contributed by atoms with E-state index in [1.54, 1.807) is 24.5 Å². The Kier molecular flexibility index (Phi) is 3.58. The zero-order valence-electron chi connectivity index (χ0n) is 13.0. The molecule has 0 N–H and O–H groups in total. The summed E-state index contributed by atoms with van der Waals surface area (Å²) in [5.41, 5.74) is 3.78. The van der Waals surface area contributed by atoms with Crippen LogP contribution in [0, 0.1) is 0 Å². The Balaban J connectivity index is 1.69. The third-order valence-corrected chi connectivity index (χ3v) is 6.11. The third kappa shape index (κ3) is 2.47. The molecule has 0 unspecified atom stereocenters. The molecule has 3 aromatic rings. The van der Waals surface area contributed by atoms with Crippen molar-refractivity contribution in [3.63, 3.8) is 0 Å². The van der Waals surface area contributed by atoms with Crippen molar-refractivity contribution in [3.05, 3.63) is 78.6 Å². The molecule has 0 aliphatic carbocycles. The largest absolute Gasteiger partial charge is 0.266 e. The van der Waals surface area contributed by atoms with Crippen molar-refractivity contribution in [1.82, 2.24) is 4.98 Å². The number of sulfonamides is 1. The van der Waals surface area contributed by atoms with Crippen molar-refractivity contribution in [2.45, 2.75) is 11.3 Å². The van der Waals surface area contributed by atoms with Crippen LogP contribution in [0.3, 0.4) is 0 Å². The SMILES string of the molecule is O=S(=O)(c1ccc(-c2cccnc2)cc1)N1CCc2ccccc21. The van der Waals surface area contributed by atoms with Gasteiger partial charge in [-0.3, -0.25) is 9.29 Å². The number of aromatic nitrogens is 1. The Morgan fingerprint density at radius 2 is 1.67 bits per heavy atom. The Hall–Kier alpha value is -2.66. The van der Waals surface area contributed by atoms with Crippen LogP contribution >= 0.6 is 0 Å². The summed E-state index contributed by atoms with van der Waals surface area (Å²) in [6.07, 6.45) is 4.23. The van der Waals surface area contributed by atoms with E-state index in [0.717, 1.165) is 28.8 Å². The smallest absolute Gasteiger partial charge is 0.264 e. The van der Waals surface area contributed by atoms with Crippen LogP contribution in [0.15, 0.2) is 78.0 Å². The molecular formula is C19H16N2O2S. The van der Waals surface area contributed by atoms with E-state index in [9.17, 15) is 8.42 Å². The zero-order chi connectivity index (χ0) is 16.6. The van der Waals surface area contributed by atoms with Crippen LogP contribution in [0.25, 0.3) is 11.1 Å². The summed E-state index contributed by atoms with van der Waals surface area (Å²) in [7, 11) is -3.53. The maximum Gasteiger partial charge on any atom is 0.264 e. The predicted octanol–water partition coefficient (Wildman–Crippen LogP) is 3.50. The van der Waals surface area contributed by atoms with Crippen molar-refractivity contribution in [3.8, 4) is 11.1 Å². The summed E-state index contributed by atoms with van der Waals surface area (Å²) < 4.78 is 27.4. The van der Waals surface area contributed by atoms with E-state index in [4.69, 9.17) is 0 Å². The molecule has 4 rings (SSSR count). The minimum atomic E-state index is -3.53. The van der Waals surface area contributed by atoms with Gasteiger partial charge in [0.05, 0.1) is 10.6 Å². The molecule has 1 aliphatic heterocycles. The third-order valence-electron chi connectivity index (χ3n) is 4.28. The quantitative estimate of drug-likeness (QED) is 0.735. The molecule has 2 heterocycles. The Morgan fingerprint density at radius 1 is 0.875 bits per heavy atom. The van der Waals surface area contributed by atoms with Crippen LogP contribution in [0.2, 0.25) is 0 Å². The monoisotopic (exact) mass is 336 g/mol. The first-order chi connectivity index (χ1) is 11.7. The standard InChI is InChI=1S/C19H16N2O2S/c22-24(23,21-13-11-16-4-1-2-6-19(16)21)18-9-7-15(8-10-18)17-5-3-12-20-14-17/h1-10,12,14H,11,13H2. The molecule has 1 aliphatic rings. The molecule has 0 spiro atoms. The Bertz CT molecular complexity index is 968. The molecule has 0 saturated heterocycles. The summed E-state index contributed by atoms with van der Waals surface area (Å²) in [5, 5.41) is 0. The predicted molar refractivity (Wildman–Crippen MR) is 94.4 cm³/mol. The summed E-state index contributed by atoms with van der Waals surface area (Å²) in [6, 6.07) is 18.5. The first kappa shape index (κ1) is 14.9. The second-order valence-corrected chi connectivity index (χ2v) is 7.58. The number of rotatable bonds is 3. The summed E-state index contributed by atoms with van der Waals surface area (Å²) in [6.45, 7) is 0.492. The molecule has 0 atom stereocenters. The van der Waals surface area contributed by atoms with Crippen LogP contribution in [-0.2, 0) is 16.4 Å². The van der Waals surface area contributed by atoms with E-state index in [0.29, 0.717) is 11.4 Å². The molecule has 4 nitrogen and oxygen atoms in total. The van der Waals surface area contributed by atoms with Crippen LogP contribution in [-0.4, -0.2) is 19.9 Å². The van der Waals surface area contributed by atoms with Gasteiger partial charge in [-0.1, -0.05) is 36.4 Å². The van der Waals surface area contributed by atoms with Gasteiger partial charge in [-0.05, 0) is 47.4 Å². The lowest BCUT2D eigenvalue weighted by Gasteiger charge is -2.19. The fourth-order valence-electron chi connectivity index (χ4n) is 3.04. The molecule has 2 aromatic carbocycles. The number of fused-ring (bicyclic) bond motifs is 1. The maximum absolute atomic E-state index is 13.0. The summed E-state index contributed by atoms with van der Waals surface area (Å²) in [5.74, 6) is 0. The normalized spacial score (nSPS) is 13.8. The molecule has 24 heavy (non-hydrogen) atoms. The minimum Gasteiger partial charge on any atom is -0.266 e. The van der Waals surface area contributed by atoms with Crippen LogP contribution in [0.5, 0.6) is 0 Å². The van der Waals surface area contributed by atoms with E-state index in [-0.39, 0.29) is 0 Å². The number of para-hydroxylation sites is 1. The second-order valence-electron chi connectivity index (χ2n) is 5.72. The highest BCUT2D eigenvalue weighted by Gasteiger charge is 2.30. The average Bonchev–Trinajstić information content (AvgIpc) is 3.07. The van der Waals surface area contributed by atoms with E-state index in [2.05, 4.69) is 4.98 Å². The molecule has 0 bridgehead atoms. The van der Waals surface area contributed by atoms with Gasteiger partial charge in [0.15, 0.2) is 0 Å². The number of pyridine rings is 1. The van der Waals surface area contributed by atoms with Gasteiger partial charge in [-0.15, -0.1) is 0 Å². The van der Waals surface area contributed by atoms with E-state index >= 15 is 0 Å². The van der Waals surface area contributed by atoms with Gasteiger partial charge in [-0.25, -0.2) is 8.42 Å². The Labute approximate surface area is 141 Å². The van der Waals surface area contributed by atoms with Gasteiger partial charge >= 0.3 is 0 Å². The fraction of sp³-hybridized carbons (Fsp3) is 0.105. The van der Waals surface area contributed by atoms with Crippen LogP contribution in [0.4, 0.5) is 5.69 Å². The van der Waals surface area contributed by atoms with Crippen molar-refractivity contribution in [2.24, 2.45) is 0 Å². The average molecular weight is 336 g/mol. The van der Waals surface area contributed by atoms with Crippen molar-refractivity contribution in [2.75, 3.05) is 10.8 Å². The highest BCUT2D eigenvalue weighted by molar-refractivity contribution is 7.92. The van der Waals surface area contributed by atoms with Gasteiger partial charge in [-0.2, -0.15) is 0 Å². The maximum atomic E-state index is 13.0. The number of anilines is 1. The molecule has 0 fully saturated rings. The lowest BCUT2D eigenvalue weighted by molar-refractivity contribution is 0.592. The van der Waals surface area contributed by atoms with E-state index < -0.39 is 10.0 Å². The lowest BCUT2D eigenvalue weighted by Crippen LogP contribution is -2.29. The number of nitrogens with zero attached hydrogens (tertiary/aromatic N) is 2. The van der Waals surface area contributed by atoms with Crippen LogP contribution < -0.4 is 4.31 Å². The van der Waals surface area contributed by atoms with Crippen molar-refractivity contribution in [1.29, 1.82) is 0 Å². The number of hydrogen-bond acceptors (Lipinski definition) is 3. The highest BCUT2D eigenvalue weighted by Crippen LogP contribution is 2.33. The summed E-state index contributed by atoms with van der Waals surface area (Å²) >= 11 is 0. The molecule has 1 aromatic heterocycles. The van der Waals surface area contributed by atoms with E-state index in [1.807, 2.05) is 48.5 Å². The van der Waals surface area contributed by atoms with E-state index in [1.165, 1.54) is 4.31 Å². The van der Waals surface area contributed by atoms with Gasteiger partial charge in [0.25, 0.3) is 10.0 Å². The molecule has 0 saturated carbocycles. The first-order valence-electron chi connectivity index (χ1n) is 7.77. The molecule has 120 valence electrons. The number of benzene rings is 2. The zero-order valence-corrected chi connectivity index (χ0v) is 13.8. The van der Waals surface area contributed by atoms with Gasteiger partial charge < -0.3 is 0 Å². The van der Waals surface area contributed by atoms with Crippen molar-refractivity contribution < 1.29 is 8.42 Å². The lowest BCUT2D eigenvalue weighted by atomic mass is 10.1. The summed E-state index contributed by atoms with van der Waals surface area (Å²) in [4.78, 5) is 4.41.